The summed E-state index contributed by atoms with van der Waals surface area (Å²) >= 11 is 0. The van der Waals surface area contributed by atoms with Crippen molar-refractivity contribution in [3.63, 3.8) is 0 Å². The number of anilines is 3. The lowest BCUT2D eigenvalue weighted by Gasteiger charge is -2.37. The second-order valence-electron chi connectivity index (χ2n) is 7.96. The van der Waals surface area contributed by atoms with Gasteiger partial charge in [0.05, 0.1) is 22.5 Å². The first-order valence-corrected chi connectivity index (χ1v) is 10.5. The van der Waals surface area contributed by atoms with Crippen LogP contribution in [0.2, 0.25) is 0 Å². The SMILES string of the molecule is O=C1/C(=C\c2cc3c4c(c2)Oc2ccccc2N4c2ccccc2O3)C(=O)c2ncccc21. The summed E-state index contributed by atoms with van der Waals surface area (Å²) in [5.41, 5.74) is 3.84. The molecule has 0 saturated carbocycles. The van der Waals surface area contributed by atoms with Crippen LogP contribution in [0.15, 0.2) is 84.6 Å². The number of carbonyl (C=O) groups excluding carboxylic acids is 2. The highest BCUT2D eigenvalue weighted by atomic mass is 16.5. The molecule has 0 unspecified atom stereocenters. The van der Waals surface area contributed by atoms with E-state index in [1.54, 1.807) is 18.2 Å². The standard InChI is InChI=1S/C27H14N2O4/c30-26-16-6-5-11-28-24(16)27(31)17(26)12-15-13-22-25-23(14-15)33-21-10-4-2-8-19(21)29(25)18-7-1-3-9-20(18)32-22/h1-14H/b17-12+. The molecule has 0 bridgehead atoms. The largest absolute Gasteiger partial charge is 0.453 e. The number of nitrogens with zero attached hydrogens (tertiary/aromatic N) is 2. The molecule has 0 spiro atoms. The van der Waals surface area contributed by atoms with Gasteiger partial charge in [-0.05, 0) is 60.2 Å². The summed E-state index contributed by atoms with van der Waals surface area (Å²) in [4.78, 5) is 31.9. The molecule has 6 nitrogen and oxygen atoms in total. The van der Waals surface area contributed by atoms with E-state index in [1.165, 1.54) is 6.20 Å². The van der Waals surface area contributed by atoms with E-state index in [1.807, 2.05) is 60.7 Å². The number of ketones is 2. The van der Waals surface area contributed by atoms with Crippen LogP contribution in [0, 0.1) is 0 Å². The highest BCUT2D eigenvalue weighted by Crippen LogP contribution is 2.59. The van der Waals surface area contributed by atoms with Gasteiger partial charge in [0.2, 0.25) is 5.78 Å². The van der Waals surface area contributed by atoms with Gasteiger partial charge < -0.3 is 9.47 Å². The van der Waals surface area contributed by atoms with E-state index >= 15 is 0 Å². The zero-order valence-electron chi connectivity index (χ0n) is 17.1. The number of allylic oxidation sites excluding steroid dienone is 1. The smallest absolute Gasteiger partial charge is 0.216 e. The van der Waals surface area contributed by atoms with Crippen molar-refractivity contribution in [3.05, 3.63) is 101 Å². The lowest BCUT2D eigenvalue weighted by atomic mass is 10.0. The molecular formula is C27H14N2O4. The molecule has 3 aromatic carbocycles. The Labute approximate surface area is 188 Å². The first-order chi connectivity index (χ1) is 16.2. The van der Waals surface area contributed by atoms with E-state index in [0.717, 1.165) is 17.1 Å². The average molecular weight is 430 g/mol. The molecule has 1 aromatic heterocycles. The summed E-state index contributed by atoms with van der Waals surface area (Å²) in [6.45, 7) is 0. The fourth-order valence-electron chi connectivity index (χ4n) is 4.57. The highest BCUT2D eigenvalue weighted by molar-refractivity contribution is 6.40. The molecular weight excluding hydrogens is 416 g/mol. The molecule has 0 atom stereocenters. The van der Waals surface area contributed by atoms with E-state index in [-0.39, 0.29) is 22.8 Å². The number of fused-ring (bicyclic) bond motifs is 5. The highest BCUT2D eigenvalue weighted by Gasteiger charge is 2.36. The van der Waals surface area contributed by atoms with Crippen molar-refractivity contribution in [2.45, 2.75) is 0 Å². The number of pyridine rings is 1. The van der Waals surface area contributed by atoms with Gasteiger partial charge in [0.15, 0.2) is 28.8 Å². The summed E-state index contributed by atoms with van der Waals surface area (Å²) in [6, 6.07) is 22.5. The van der Waals surface area contributed by atoms with Gasteiger partial charge in [0.25, 0.3) is 0 Å². The number of hydrogen-bond acceptors (Lipinski definition) is 6. The number of hydrogen-bond donors (Lipinski definition) is 0. The summed E-state index contributed by atoms with van der Waals surface area (Å²) in [7, 11) is 0. The Hall–Kier alpha value is -4.71. The second kappa shape index (κ2) is 6.40. The molecule has 0 fully saturated rings. The van der Waals surface area contributed by atoms with Crippen LogP contribution in [-0.4, -0.2) is 16.6 Å². The number of rotatable bonds is 1. The van der Waals surface area contributed by atoms with Crippen LogP contribution in [0.5, 0.6) is 23.0 Å². The monoisotopic (exact) mass is 430 g/mol. The Balaban J connectivity index is 1.41. The van der Waals surface area contributed by atoms with E-state index in [0.29, 0.717) is 34.1 Å². The van der Waals surface area contributed by atoms with Crippen LogP contribution in [0.25, 0.3) is 6.08 Å². The third-order valence-corrected chi connectivity index (χ3v) is 6.01. The van der Waals surface area contributed by atoms with Crippen molar-refractivity contribution < 1.29 is 19.1 Å². The molecule has 33 heavy (non-hydrogen) atoms. The van der Waals surface area contributed by atoms with Gasteiger partial charge in [-0.25, -0.2) is 0 Å². The summed E-state index contributed by atoms with van der Waals surface area (Å²) in [6.07, 6.45) is 3.10. The molecule has 0 radical (unpaired) electrons. The normalized spacial score (nSPS) is 15.9. The number of Topliss-reactive ketones (excluding diaryl/α,β-unsaturated/α-hetero) is 2. The first kappa shape index (κ1) is 17.9. The van der Waals surface area contributed by atoms with Gasteiger partial charge in [-0.1, -0.05) is 24.3 Å². The van der Waals surface area contributed by atoms with Crippen LogP contribution >= 0.6 is 0 Å². The topological polar surface area (TPSA) is 68.7 Å². The molecule has 0 saturated heterocycles. The molecule has 2 aliphatic heterocycles. The zero-order chi connectivity index (χ0) is 22.1. The minimum absolute atomic E-state index is 0.0834. The van der Waals surface area contributed by atoms with Gasteiger partial charge in [-0.2, -0.15) is 0 Å². The number of para-hydroxylation sites is 4. The Morgan fingerprint density at radius 2 is 1.36 bits per heavy atom. The molecule has 0 N–H and O–H groups in total. The maximum absolute atomic E-state index is 12.8. The van der Waals surface area contributed by atoms with E-state index in [4.69, 9.17) is 9.47 Å². The molecule has 4 aromatic rings. The number of carbonyl (C=O) groups is 2. The molecule has 0 amide bonds. The molecule has 3 aliphatic rings. The van der Waals surface area contributed by atoms with Crippen LogP contribution < -0.4 is 14.4 Å². The summed E-state index contributed by atoms with van der Waals surface area (Å²) in [5.74, 6) is 1.89. The van der Waals surface area contributed by atoms with E-state index in [9.17, 15) is 9.59 Å². The minimum Gasteiger partial charge on any atom is -0.453 e. The van der Waals surface area contributed by atoms with Crippen LogP contribution in [0.1, 0.15) is 26.4 Å². The molecule has 156 valence electrons. The van der Waals surface area contributed by atoms with Crippen LogP contribution in [0.4, 0.5) is 17.1 Å². The lowest BCUT2D eigenvalue weighted by Crippen LogP contribution is -2.20. The van der Waals surface area contributed by atoms with Gasteiger partial charge in [0.1, 0.15) is 11.4 Å². The summed E-state index contributed by atoms with van der Waals surface area (Å²) < 4.78 is 12.5. The van der Waals surface area contributed by atoms with Crippen molar-refractivity contribution in [2.24, 2.45) is 0 Å². The maximum atomic E-state index is 12.8. The Bertz CT molecular complexity index is 1460. The molecule has 1 aliphatic carbocycles. The Kier molecular flexibility index (Phi) is 3.47. The van der Waals surface area contributed by atoms with Crippen molar-refractivity contribution >= 4 is 34.7 Å². The van der Waals surface area contributed by atoms with Gasteiger partial charge in [-0.15, -0.1) is 0 Å². The Morgan fingerprint density at radius 3 is 2.00 bits per heavy atom. The van der Waals surface area contributed by atoms with E-state index < -0.39 is 0 Å². The fourth-order valence-corrected chi connectivity index (χ4v) is 4.57. The Morgan fingerprint density at radius 1 is 0.727 bits per heavy atom. The maximum Gasteiger partial charge on any atom is 0.216 e. The van der Waals surface area contributed by atoms with Gasteiger partial charge >= 0.3 is 0 Å². The second-order valence-corrected chi connectivity index (χ2v) is 7.96. The quantitative estimate of drug-likeness (QED) is 0.228. The van der Waals surface area contributed by atoms with Crippen molar-refractivity contribution in [1.82, 2.24) is 4.98 Å². The van der Waals surface area contributed by atoms with Crippen LogP contribution in [-0.2, 0) is 0 Å². The predicted octanol–water partition coefficient (Wildman–Crippen LogP) is 6.23. The number of benzene rings is 3. The average Bonchev–Trinajstić information content (AvgIpc) is 3.08. The fraction of sp³-hybridized carbons (Fsp3) is 0. The predicted molar refractivity (Wildman–Crippen MR) is 122 cm³/mol. The van der Waals surface area contributed by atoms with Crippen molar-refractivity contribution in [1.29, 1.82) is 0 Å². The zero-order valence-corrected chi connectivity index (χ0v) is 17.1. The third-order valence-electron chi connectivity index (χ3n) is 6.01. The van der Waals surface area contributed by atoms with Crippen molar-refractivity contribution in [3.8, 4) is 23.0 Å². The van der Waals surface area contributed by atoms with Crippen molar-refractivity contribution in [2.75, 3.05) is 4.90 Å². The number of aromatic nitrogens is 1. The van der Waals surface area contributed by atoms with Gasteiger partial charge in [-0.3, -0.25) is 19.5 Å². The molecule has 6 heteroatoms. The lowest BCUT2D eigenvalue weighted by molar-refractivity contribution is 0.0989. The minimum atomic E-state index is -0.374. The molecule has 3 heterocycles. The first-order valence-electron chi connectivity index (χ1n) is 10.5. The molecule has 7 rings (SSSR count). The number of ether oxygens (including phenoxy) is 2. The van der Waals surface area contributed by atoms with E-state index in [2.05, 4.69) is 9.88 Å². The van der Waals surface area contributed by atoms with Crippen LogP contribution in [0.3, 0.4) is 0 Å². The third kappa shape index (κ3) is 2.46. The summed E-state index contributed by atoms with van der Waals surface area (Å²) in [5, 5.41) is 0. The van der Waals surface area contributed by atoms with Gasteiger partial charge in [0, 0.05) is 6.20 Å².